The molecule has 0 bridgehead atoms. The summed E-state index contributed by atoms with van der Waals surface area (Å²) < 4.78 is 11.5. The van der Waals surface area contributed by atoms with Crippen LogP contribution < -0.4 is 5.32 Å². The van der Waals surface area contributed by atoms with Gasteiger partial charge < -0.3 is 14.8 Å². The Labute approximate surface area is 134 Å². The fourth-order valence-corrected chi connectivity index (χ4v) is 3.46. The van der Waals surface area contributed by atoms with E-state index in [2.05, 4.69) is 21.2 Å². The van der Waals surface area contributed by atoms with E-state index in [0.29, 0.717) is 18.5 Å². The van der Waals surface area contributed by atoms with Crippen molar-refractivity contribution in [3.8, 4) is 0 Å². The number of nitrogens with one attached hydrogen (secondary N) is 1. The van der Waals surface area contributed by atoms with Crippen molar-refractivity contribution in [2.24, 2.45) is 5.41 Å². The fourth-order valence-electron chi connectivity index (χ4n) is 2.43. The summed E-state index contributed by atoms with van der Waals surface area (Å²) in [5.74, 6) is -0.992. The average Bonchev–Trinajstić information content (AvgIpc) is 2.98. The first-order chi connectivity index (χ1) is 9.93. The van der Waals surface area contributed by atoms with Crippen LogP contribution in [0.3, 0.4) is 0 Å². The maximum Gasteiger partial charge on any atom is 0.231 e. The molecule has 0 saturated carbocycles. The SMILES string of the molecule is CC(NC(=O)C(C)(C)C1(CBr)OCCO1)c1ccccc1. The van der Waals surface area contributed by atoms with E-state index < -0.39 is 11.2 Å². The lowest BCUT2D eigenvalue weighted by Gasteiger charge is -2.40. The zero-order chi connectivity index (χ0) is 15.5. The molecule has 1 amide bonds. The van der Waals surface area contributed by atoms with Gasteiger partial charge in [-0.05, 0) is 26.3 Å². The third-order valence-corrected chi connectivity index (χ3v) is 4.83. The molecule has 1 saturated heterocycles. The van der Waals surface area contributed by atoms with E-state index in [0.717, 1.165) is 5.56 Å². The molecule has 1 unspecified atom stereocenters. The van der Waals surface area contributed by atoms with Gasteiger partial charge in [-0.3, -0.25) is 4.79 Å². The number of hydrogen-bond donors (Lipinski definition) is 1. The van der Waals surface area contributed by atoms with Gasteiger partial charge in [0.25, 0.3) is 0 Å². The minimum atomic E-state index is -0.909. The van der Waals surface area contributed by atoms with Crippen molar-refractivity contribution in [2.45, 2.75) is 32.6 Å². The summed E-state index contributed by atoms with van der Waals surface area (Å²) >= 11 is 3.42. The van der Waals surface area contributed by atoms with Gasteiger partial charge in [-0.2, -0.15) is 0 Å². The maximum absolute atomic E-state index is 12.7. The average molecular weight is 356 g/mol. The Balaban J connectivity index is 2.11. The van der Waals surface area contributed by atoms with Gasteiger partial charge in [0.05, 0.1) is 30.0 Å². The summed E-state index contributed by atoms with van der Waals surface area (Å²) in [6, 6.07) is 9.83. The molecule has 1 N–H and O–H groups in total. The number of benzene rings is 1. The fraction of sp³-hybridized carbons (Fsp3) is 0.562. The van der Waals surface area contributed by atoms with Crippen molar-refractivity contribution in [1.82, 2.24) is 5.32 Å². The molecule has 21 heavy (non-hydrogen) atoms. The third-order valence-electron chi connectivity index (χ3n) is 4.10. The molecule has 1 atom stereocenters. The Bertz CT molecular complexity index is 484. The minimum Gasteiger partial charge on any atom is -0.349 e. The number of carbonyl (C=O) groups excluding carboxylic acids is 1. The highest BCUT2D eigenvalue weighted by Gasteiger charge is 2.54. The van der Waals surface area contributed by atoms with E-state index in [-0.39, 0.29) is 11.9 Å². The van der Waals surface area contributed by atoms with Crippen LogP contribution in [0, 0.1) is 5.41 Å². The predicted octanol–water partition coefficient (Wildman–Crippen LogP) is 3.03. The van der Waals surface area contributed by atoms with Gasteiger partial charge >= 0.3 is 0 Å². The van der Waals surface area contributed by atoms with Crippen LogP contribution in [-0.2, 0) is 14.3 Å². The molecule has 0 aromatic heterocycles. The molecular weight excluding hydrogens is 334 g/mol. The molecule has 1 aromatic rings. The standard InChI is InChI=1S/C16H22BrNO3/c1-12(13-7-5-4-6-8-13)18-14(19)15(2,3)16(11-17)20-9-10-21-16/h4-8,12H,9-11H2,1-3H3,(H,18,19). The number of carbonyl (C=O) groups is 1. The van der Waals surface area contributed by atoms with Crippen LogP contribution >= 0.6 is 15.9 Å². The van der Waals surface area contributed by atoms with E-state index >= 15 is 0 Å². The Kier molecular flexibility index (Phi) is 5.07. The number of hydrogen-bond acceptors (Lipinski definition) is 3. The first-order valence-corrected chi connectivity index (χ1v) is 8.25. The molecule has 2 rings (SSSR count). The van der Waals surface area contributed by atoms with Crippen molar-refractivity contribution in [3.63, 3.8) is 0 Å². The molecule has 5 heteroatoms. The van der Waals surface area contributed by atoms with Crippen LogP contribution in [0.15, 0.2) is 30.3 Å². The van der Waals surface area contributed by atoms with Gasteiger partial charge in [-0.25, -0.2) is 0 Å². The highest BCUT2D eigenvalue weighted by molar-refractivity contribution is 9.09. The molecule has 1 aliphatic heterocycles. The molecule has 1 aromatic carbocycles. The van der Waals surface area contributed by atoms with Gasteiger partial charge in [-0.1, -0.05) is 46.3 Å². The topological polar surface area (TPSA) is 47.6 Å². The highest BCUT2D eigenvalue weighted by Crippen LogP contribution is 2.40. The van der Waals surface area contributed by atoms with Crippen LogP contribution in [0.2, 0.25) is 0 Å². The van der Waals surface area contributed by atoms with E-state index in [1.165, 1.54) is 0 Å². The lowest BCUT2D eigenvalue weighted by atomic mass is 9.82. The van der Waals surface area contributed by atoms with E-state index in [4.69, 9.17) is 9.47 Å². The van der Waals surface area contributed by atoms with Gasteiger partial charge in [-0.15, -0.1) is 0 Å². The van der Waals surface area contributed by atoms with Crippen molar-refractivity contribution in [1.29, 1.82) is 0 Å². The molecule has 1 heterocycles. The number of amides is 1. The second kappa shape index (κ2) is 6.46. The number of halogens is 1. The smallest absolute Gasteiger partial charge is 0.231 e. The highest BCUT2D eigenvalue weighted by atomic mass is 79.9. The first-order valence-electron chi connectivity index (χ1n) is 7.13. The molecular formula is C16H22BrNO3. The minimum absolute atomic E-state index is 0.0632. The Morgan fingerprint density at radius 1 is 1.33 bits per heavy atom. The summed E-state index contributed by atoms with van der Waals surface area (Å²) in [5.41, 5.74) is 0.276. The van der Waals surface area contributed by atoms with Gasteiger partial charge in [0.15, 0.2) is 5.79 Å². The second-order valence-corrected chi connectivity index (χ2v) is 6.38. The van der Waals surface area contributed by atoms with Crippen molar-refractivity contribution < 1.29 is 14.3 Å². The molecule has 0 radical (unpaired) electrons. The van der Waals surface area contributed by atoms with Gasteiger partial charge in [0, 0.05) is 0 Å². The summed E-state index contributed by atoms with van der Waals surface area (Å²) in [7, 11) is 0. The van der Waals surface area contributed by atoms with Crippen molar-refractivity contribution in [3.05, 3.63) is 35.9 Å². The first kappa shape index (κ1) is 16.5. The third kappa shape index (κ3) is 3.15. The van der Waals surface area contributed by atoms with Crippen LogP contribution in [0.25, 0.3) is 0 Å². The molecule has 1 aliphatic rings. The normalized spacial score (nSPS) is 19.2. The van der Waals surface area contributed by atoms with Gasteiger partial charge in [0.1, 0.15) is 0 Å². The Morgan fingerprint density at radius 2 is 1.90 bits per heavy atom. The van der Waals surface area contributed by atoms with Gasteiger partial charge in [0.2, 0.25) is 5.91 Å². The summed E-state index contributed by atoms with van der Waals surface area (Å²) in [5, 5.41) is 3.51. The van der Waals surface area contributed by atoms with Crippen molar-refractivity contribution in [2.75, 3.05) is 18.5 Å². The second-order valence-electron chi connectivity index (χ2n) is 5.81. The van der Waals surface area contributed by atoms with Crippen LogP contribution in [-0.4, -0.2) is 30.2 Å². The Hall–Kier alpha value is -0.910. The number of rotatable bonds is 5. The molecule has 1 fully saturated rings. The van der Waals surface area contributed by atoms with Crippen LogP contribution in [0.1, 0.15) is 32.4 Å². The lowest BCUT2D eigenvalue weighted by Crippen LogP contribution is -2.56. The Morgan fingerprint density at radius 3 is 2.43 bits per heavy atom. The summed E-state index contributed by atoms with van der Waals surface area (Å²) in [4.78, 5) is 12.7. The lowest BCUT2D eigenvalue weighted by molar-refractivity contribution is -0.210. The quantitative estimate of drug-likeness (QED) is 0.825. The van der Waals surface area contributed by atoms with Crippen molar-refractivity contribution >= 4 is 21.8 Å². The summed E-state index contributed by atoms with van der Waals surface area (Å²) in [6.07, 6.45) is 0. The molecule has 0 spiro atoms. The molecule has 116 valence electrons. The zero-order valence-corrected chi connectivity index (χ0v) is 14.3. The summed E-state index contributed by atoms with van der Waals surface area (Å²) in [6.45, 7) is 6.70. The largest absolute Gasteiger partial charge is 0.349 e. The van der Waals surface area contributed by atoms with E-state index in [1.807, 2.05) is 51.1 Å². The molecule has 4 nitrogen and oxygen atoms in total. The monoisotopic (exact) mass is 355 g/mol. The predicted molar refractivity (Wildman–Crippen MR) is 85.2 cm³/mol. The van der Waals surface area contributed by atoms with E-state index in [9.17, 15) is 4.79 Å². The number of alkyl halides is 1. The van der Waals surface area contributed by atoms with Crippen LogP contribution in [0.5, 0.6) is 0 Å². The number of ether oxygens (including phenoxy) is 2. The van der Waals surface area contributed by atoms with Crippen LogP contribution in [0.4, 0.5) is 0 Å². The molecule has 0 aliphatic carbocycles. The van der Waals surface area contributed by atoms with E-state index in [1.54, 1.807) is 0 Å². The maximum atomic E-state index is 12.7. The zero-order valence-electron chi connectivity index (χ0n) is 12.7.